The first kappa shape index (κ1) is 43.9. The van der Waals surface area contributed by atoms with Crippen molar-refractivity contribution in [3.63, 3.8) is 0 Å². The molecule has 1 saturated heterocycles. The maximum absolute atomic E-state index is 14.9. The van der Waals surface area contributed by atoms with Crippen molar-refractivity contribution in [1.82, 2.24) is 9.80 Å². The number of methoxy groups -OCH3 is 1. The van der Waals surface area contributed by atoms with Gasteiger partial charge in [0, 0.05) is 32.3 Å². The van der Waals surface area contributed by atoms with Crippen LogP contribution in [-0.4, -0.2) is 89.4 Å². The first-order chi connectivity index (χ1) is 24.4. The van der Waals surface area contributed by atoms with Crippen molar-refractivity contribution in [2.45, 2.75) is 117 Å². The Morgan fingerprint density at radius 3 is 2.02 bits per heavy atom. The summed E-state index contributed by atoms with van der Waals surface area (Å²) < 4.78 is 71.9. The van der Waals surface area contributed by atoms with Gasteiger partial charge in [-0.15, -0.1) is 0 Å². The molecule has 3 rings (SSSR count). The lowest BCUT2D eigenvalue weighted by atomic mass is 9.96. The number of carbonyl (C=O) groups excluding carboxylic acids is 3. The van der Waals surface area contributed by atoms with E-state index in [2.05, 4.69) is 0 Å². The van der Waals surface area contributed by atoms with Gasteiger partial charge in [0.15, 0.2) is 16.7 Å². The SMILES string of the molecule is CCOP1(=O)CCN(Cc2ccc(F)cc2-c2ccc(F)c(OC)c2)C[C@@]1(CCCCN(C(=O)OC(C)(C)C)C(=O)OC(C)(C)C)C(=O)OC(C)(C)C. The van der Waals surface area contributed by atoms with E-state index in [0.29, 0.717) is 23.2 Å². The zero-order valence-corrected chi connectivity index (χ0v) is 34.0. The fourth-order valence-electron chi connectivity index (χ4n) is 6.11. The van der Waals surface area contributed by atoms with Crippen LogP contribution in [-0.2, 0) is 34.6 Å². The molecule has 11 nitrogen and oxygen atoms in total. The van der Waals surface area contributed by atoms with Gasteiger partial charge in [0.05, 0.1) is 13.7 Å². The number of halogens is 2. The van der Waals surface area contributed by atoms with Gasteiger partial charge in [-0.25, -0.2) is 23.3 Å². The molecule has 2 amide bonds. The molecule has 0 N–H and O–H groups in total. The van der Waals surface area contributed by atoms with Crippen LogP contribution in [0.5, 0.6) is 5.75 Å². The second-order valence-corrected chi connectivity index (χ2v) is 19.2. The fourth-order valence-corrected chi connectivity index (χ4v) is 9.11. The van der Waals surface area contributed by atoms with Crippen molar-refractivity contribution in [2.24, 2.45) is 0 Å². The minimum Gasteiger partial charge on any atom is -0.494 e. The molecule has 0 aromatic heterocycles. The van der Waals surface area contributed by atoms with Crippen molar-refractivity contribution in [3.8, 4) is 16.9 Å². The van der Waals surface area contributed by atoms with Crippen LogP contribution in [0.1, 0.15) is 94.1 Å². The van der Waals surface area contributed by atoms with Gasteiger partial charge in [-0.1, -0.05) is 12.1 Å². The Balaban J connectivity index is 1.99. The standard InChI is InChI=1S/C39H57F2N2O9P/c1-12-49-53(47)22-21-42(25-28-15-17-29(40)24-30(28)27-16-18-31(41)32(23-27)48-11)26-39(53,33(44)50-36(2,3)4)19-13-14-20-43(34(45)51-37(5,6)7)35(46)52-38(8,9)10/h15-18,23-24H,12-14,19-22,25-26H2,1-11H3/t39-,53?/m0/s1. The minimum absolute atomic E-state index is 0.00850. The number of carbonyl (C=O) groups is 3. The molecule has 0 spiro atoms. The molecule has 296 valence electrons. The number of esters is 1. The molecule has 14 heteroatoms. The maximum Gasteiger partial charge on any atom is 0.419 e. The topological polar surface area (TPSA) is 121 Å². The first-order valence-corrected chi connectivity index (χ1v) is 19.8. The summed E-state index contributed by atoms with van der Waals surface area (Å²) in [4.78, 5) is 43.5. The van der Waals surface area contributed by atoms with Crippen molar-refractivity contribution in [3.05, 3.63) is 53.6 Å². The number of imide groups is 1. The maximum atomic E-state index is 14.9. The molecule has 0 saturated carbocycles. The van der Waals surface area contributed by atoms with E-state index in [0.717, 1.165) is 4.90 Å². The number of ether oxygens (including phenoxy) is 4. The summed E-state index contributed by atoms with van der Waals surface area (Å²) in [5.41, 5.74) is -0.931. The third-order valence-electron chi connectivity index (χ3n) is 8.34. The van der Waals surface area contributed by atoms with Gasteiger partial charge in [0.1, 0.15) is 22.6 Å². The second-order valence-electron chi connectivity index (χ2n) is 16.3. The Morgan fingerprint density at radius 1 is 0.868 bits per heavy atom. The molecule has 2 atom stereocenters. The largest absolute Gasteiger partial charge is 0.494 e. The smallest absolute Gasteiger partial charge is 0.419 e. The lowest BCUT2D eigenvalue weighted by Crippen LogP contribution is -2.56. The van der Waals surface area contributed by atoms with E-state index in [1.165, 1.54) is 31.4 Å². The van der Waals surface area contributed by atoms with Gasteiger partial charge >= 0.3 is 18.2 Å². The molecule has 1 fully saturated rings. The van der Waals surface area contributed by atoms with Crippen molar-refractivity contribution >= 4 is 25.5 Å². The number of hydrogen-bond acceptors (Lipinski definition) is 10. The fraction of sp³-hybridized carbons (Fsp3) is 0.615. The summed E-state index contributed by atoms with van der Waals surface area (Å²) in [5, 5.41) is -1.61. The highest BCUT2D eigenvalue weighted by Gasteiger charge is 2.59. The lowest BCUT2D eigenvalue weighted by Gasteiger charge is -2.46. The molecule has 1 aliphatic heterocycles. The van der Waals surface area contributed by atoms with Gasteiger partial charge in [-0.2, -0.15) is 0 Å². The second kappa shape index (κ2) is 17.3. The number of nitrogens with zero attached hydrogens (tertiary/aromatic N) is 2. The number of amides is 2. The Morgan fingerprint density at radius 2 is 1.47 bits per heavy atom. The van der Waals surface area contributed by atoms with E-state index < -0.39 is 59.1 Å². The van der Waals surface area contributed by atoms with Gasteiger partial charge < -0.3 is 23.5 Å². The van der Waals surface area contributed by atoms with E-state index in [9.17, 15) is 27.7 Å². The van der Waals surface area contributed by atoms with Crippen LogP contribution in [0.3, 0.4) is 0 Å². The summed E-state index contributed by atoms with van der Waals surface area (Å²) in [6.07, 6.45) is -1.16. The van der Waals surface area contributed by atoms with Crippen LogP contribution >= 0.6 is 7.37 Å². The number of benzene rings is 2. The van der Waals surface area contributed by atoms with Crippen LogP contribution in [0.25, 0.3) is 11.1 Å². The molecule has 2 aromatic rings. The van der Waals surface area contributed by atoms with E-state index in [1.54, 1.807) is 81.4 Å². The van der Waals surface area contributed by atoms with Crippen LogP contribution < -0.4 is 4.74 Å². The molecule has 0 bridgehead atoms. The zero-order chi connectivity index (χ0) is 40.0. The highest BCUT2D eigenvalue weighted by Crippen LogP contribution is 2.64. The summed E-state index contributed by atoms with van der Waals surface area (Å²) in [7, 11) is -2.37. The third kappa shape index (κ3) is 12.0. The van der Waals surface area contributed by atoms with E-state index in [1.807, 2.05) is 4.90 Å². The van der Waals surface area contributed by atoms with Crippen LogP contribution in [0.2, 0.25) is 0 Å². The third-order valence-corrected chi connectivity index (χ3v) is 11.7. The van der Waals surface area contributed by atoms with Crippen molar-refractivity contribution in [1.29, 1.82) is 0 Å². The number of rotatable bonds is 12. The van der Waals surface area contributed by atoms with Crippen molar-refractivity contribution in [2.75, 3.05) is 39.5 Å². The van der Waals surface area contributed by atoms with E-state index in [-0.39, 0.29) is 57.4 Å². The van der Waals surface area contributed by atoms with Crippen LogP contribution in [0.4, 0.5) is 18.4 Å². The Kier molecular flexibility index (Phi) is 14.3. The van der Waals surface area contributed by atoms with Gasteiger partial charge in [0.25, 0.3) is 0 Å². The quantitative estimate of drug-likeness (QED) is 0.0895. The van der Waals surface area contributed by atoms with Gasteiger partial charge in [0.2, 0.25) is 7.37 Å². The molecule has 1 heterocycles. The molecule has 0 radical (unpaired) electrons. The predicted octanol–water partition coefficient (Wildman–Crippen LogP) is 9.19. The molecule has 1 unspecified atom stereocenters. The van der Waals surface area contributed by atoms with Crippen LogP contribution in [0, 0.1) is 11.6 Å². The monoisotopic (exact) mass is 766 g/mol. The van der Waals surface area contributed by atoms with Gasteiger partial charge in [-0.05, 0) is 129 Å². The normalized spacial score (nSPS) is 19.7. The average molecular weight is 767 g/mol. The van der Waals surface area contributed by atoms with E-state index >= 15 is 0 Å². The van der Waals surface area contributed by atoms with Crippen LogP contribution in [0.15, 0.2) is 36.4 Å². The highest BCUT2D eigenvalue weighted by atomic mass is 31.2. The summed E-state index contributed by atoms with van der Waals surface area (Å²) in [5.74, 6) is -1.71. The van der Waals surface area contributed by atoms with Gasteiger partial charge in [-0.3, -0.25) is 14.3 Å². The lowest BCUT2D eigenvalue weighted by molar-refractivity contribution is -0.160. The highest BCUT2D eigenvalue weighted by molar-refractivity contribution is 7.62. The molecular formula is C39H57F2N2O9P. The Bertz CT molecular complexity index is 1640. The first-order valence-electron chi connectivity index (χ1n) is 18.0. The molecule has 0 aliphatic carbocycles. The predicted molar refractivity (Wildman–Crippen MR) is 199 cm³/mol. The molecular weight excluding hydrogens is 709 g/mol. The summed E-state index contributed by atoms with van der Waals surface area (Å²) in [6.45, 7) is 17.6. The number of unbranched alkanes of at least 4 members (excludes halogenated alkanes) is 1. The molecule has 53 heavy (non-hydrogen) atoms. The zero-order valence-electron chi connectivity index (χ0n) is 33.1. The number of hydrogen-bond donors (Lipinski definition) is 0. The summed E-state index contributed by atoms with van der Waals surface area (Å²) >= 11 is 0. The Hall–Kier alpha value is -3.54. The summed E-state index contributed by atoms with van der Waals surface area (Å²) in [6, 6.07) is 8.61. The van der Waals surface area contributed by atoms with E-state index in [4.69, 9.17) is 23.5 Å². The molecule has 2 aromatic carbocycles. The average Bonchev–Trinajstić information content (AvgIpc) is 3.01. The minimum atomic E-state index is -3.72. The van der Waals surface area contributed by atoms with Crippen molar-refractivity contribution < 1.29 is 51.2 Å². The molecule has 1 aliphatic rings. The Labute approximate surface area is 313 Å².